The molecule has 23 heavy (non-hydrogen) atoms. The third kappa shape index (κ3) is 4.03. The number of rotatable bonds is 5. The number of nitrogens with zero attached hydrogens (tertiary/aromatic N) is 3. The van der Waals surface area contributed by atoms with Gasteiger partial charge >= 0.3 is 0 Å². The summed E-state index contributed by atoms with van der Waals surface area (Å²) in [5, 5.41) is 6.60. The second kappa shape index (κ2) is 6.87. The van der Waals surface area contributed by atoms with E-state index in [0.717, 1.165) is 23.0 Å². The molecule has 2 heterocycles. The third-order valence-electron chi connectivity index (χ3n) is 3.50. The molecule has 0 atom stereocenters. The van der Waals surface area contributed by atoms with E-state index in [2.05, 4.69) is 57.6 Å². The van der Waals surface area contributed by atoms with Crippen molar-refractivity contribution in [2.45, 2.75) is 20.4 Å². The fourth-order valence-corrected chi connectivity index (χ4v) is 2.21. The Morgan fingerprint density at radius 2 is 1.78 bits per heavy atom. The van der Waals surface area contributed by atoms with Crippen molar-refractivity contribution in [1.29, 1.82) is 0 Å². The first kappa shape index (κ1) is 15.0. The summed E-state index contributed by atoms with van der Waals surface area (Å²) in [7, 11) is 0. The van der Waals surface area contributed by atoms with Gasteiger partial charge in [0.15, 0.2) is 0 Å². The predicted molar refractivity (Wildman–Crippen MR) is 92.8 cm³/mol. The van der Waals surface area contributed by atoms with Gasteiger partial charge in [0.1, 0.15) is 18.0 Å². The van der Waals surface area contributed by atoms with Crippen LogP contribution in [0.15, 0.2) is 55.0 Å². The number of nitrogens with one attached hydrogen (secondary N) is 2. The highest BCUT2D eigenvalue weighted by molar-refractivity contribution is 5.62. The van der Waals surface area contributed by atoms with Crippen LogP contribution in [0.2, 0.25) is 0 Å². The van der Waals surface area contributed by atoms with Gasteiger partial charge in [-0.2, -0.15) is 0 Å². The molecular formula is C18H19N5. The molecule has 0 spiro atoms. The van der Waals surface area contributed by atoms with Crippen LogP contribution in [0.4, 0.5) is 17.3 Å². The van der Waals surface area contributed by atoms with Gasteiger partial charge in [0.25, 0.3) is 0 Å². The minimum Gasteiger partial charge on any atom is -0.364 e. The quantitative estimate of drug-likeness (QED) is 0.750. The van der Waals surface area contributed by atoms with Crippen molar-refractivity contribution in [1.82, 2.24) is 15.0 Å². The minimum absolute atomic E-state index is 0.626. The standard InChI is InChI=1S/C18H19N5/c1-13-6-7-14(2)16(9-13)23-18-10-17(21-12-22-18)20-11-15-5-3-4-8-19-15/h3-10,12H,11H2,1-2H3,(H2,20,21,22,23). The Bertz CT molecular complexity index is 786. The topological polar surface area (TPSA) is 62.7 Å². The average molecular weight is 305 g/mol. The normalized spacial score (nSPS) is 10.3. The SMILES string of the molecule is Cc1ccc(C)c(Nc2cc(NCc3ccccn3)ncn2)c1. The molecule has 116 valence electrons. The number of anilines is 3. The van der Waals surface area contributed by atoms with Gasteiger partial charge in [-0.1, -0.05) is 18.2 Å². The van der Waals surface area contributed by atoms with Crippen LogP contribution in [0.1, 0.15) is 16.8 Å². The van der Waals surface area contributed by atoms with Crippen LogP contribution in [0, 0.1) is 13.8 Å². The third-order valence-corrected chi connectivity index (χ3v) is 3.50. The van der Waals surface area contributed by atoms with Crippen molar-refractivity contribution in [2.75, 3.05) is 10.6 Å². The van der Waals surface area contributed by atoms with Crippen LogP contribution < -0.4 is 10.6 Å². The molecule has 0 amide bonds. The molecule has 0 radical (unpaired) electrons. The molecule has 0 unspecified atom stereocenters. The molecule has 0 bridgehead atoms. The van der Waals surface area contributed by atoms with Crippen LogP contribution in [-0.2, 0) is 6.54 Å². The molecule has 0 saturated heterocycles. The molecule has 0 saturated carbocycles. The number of pyridine rings is 1. The lowest BCUT2D eigenvalue weighted by molar-refractivity contribution is 1.02. The Hall–Kier alpha value is -2.95. The summed E-state index contributed by atoms with van der Waals surface area (Å²) < 4.78 is 0. The average Bonchev–Trinajstić information content (AvgIpc) is 2.58. The highest BCUT2D eigenvalue weighted by Crippen LogP contribution is 2.21. The van der Waals surface area contributed by atoms with Gasteiger partial charge < -0.3 is 10.6 Å². The zero-order valence-corrected chi connectivity index (χ0v) is 13.2. The molecule has 5 nitrogen and oxygen atoms in total. The Balaban J connectivity index is 1.71. The maximum Gasteiger partial charge on any atom is 0.135 e. The Labute approximate surface area is 135 Å². The van der Waals surface area contributed by atoms with E-state index in [9.17, 15) is 0 Å². The second-order valence-corrected chi connectivity index (χ2v) is 5.41. The van der Waals surface area contributed by atoms with E-state index in [1.54, 1.807) is 12.5 Å². The van der Waals surface area contributed by atoms with E-state index in [0.29, 0.717) is 6.54 Å². The van der Waals surface area contributed by atoms with Gasteiger partial charge in [0.05, 0.1) is 12.2 Å². The van der Waals surface area contributed by atoms with Gasteiger partial charge in [0, 0.05) is 18.0 Å². The Morgan fingerprint density at radius 3 is 2.61 bits per heavy atom. The minimum atomic E-state index is 0.626. The van der Waals surface area contributed by atoms with Crippen LogP contribution in [0.3, 0.4) is 0 Å². The summed E-state index contributed by atoms with van der Waals surface area (Å²) in [5.74, 6) is 1.52. The van der Waals surface area contributed by atoms with Crippen molar-refractivity contribution in [3.05, 3.63) is 71.8 Å². The number of hydrogen-bond acceptors (Lipinski definition) is 5. The van der Waals surface area contributed by atoms with E-state index in [-0.39, 0.29) is 0 Å². The summed E-state index contributed by atoms with van der Waals surface area (Å²) in [6.45, 7) is 4.77. The predicted octanol–water partition coefficient (Wildman–Crippen LogP) is 3.84. The molecule has 2 aromatic heterocycles. The maximum absolute atomic E-state index is 4.28. The summed E-state index contributed by atoms with van der Waals surface area (Å²) in [6.07, 6.45) is 3.33. The molecule has 0 aliphatic rings. The molecule has 2 N–H and O–H groups in total. The van der Waals surface area contributed by atoms with Gasteiger partial charge in [-0.05, 0) is 43.2 Å². The molecule has 0 aliphatic heterocycles. The van der Waals surface area contributed by atoms with Gasteiger partial charge in [-0.3, -0.25) is 4.98 Å². The summed E-state index contributed by atoms with van der Waals surface area (Å²) in [4.78, 5) is 12.8. The van der Waals surface area contributed by atoms with Crippen LogP contribution in [0.25, 0.3) is 0 Å². The Kier molecular flexibility index (Phi) is 4.47. The molecule has 1 aromatic carbocycles. The Morgan fingerprint density at radius 1 is 0.913 bits per heavy atom. The van der Waals surface area contributed by atoms with E-state index < -0.39 is 0 Å². The fourth-order valence-electron chi connectivity index (χ4n) is 2.21. The van der Waals surface area contributed by atoms with Crippen LogP contribution in [-0.4, -0.2) is 15.0 Å². The molecule has 3 rings (SSSR count). The number of aryl methyl sites for hydroxylation is 2. The largest absolute Gasteiger partial charge is 0.364 e. The van der Waals surface area contributed by atoms with E-state index in [1.165, 1.54) is 11.1 Å². The molecule has 0 fully saturated rings. The number of benzene rings is 1. The van der Waals surface area contributed by atoms with E-state index >= 15 is 0 Å². The second-order valence-electron chi connectivity index (χ2n) is 5.41. The van der Waals surface area contributed by atoms with Crippen molar-refractivity contribution in [2.24, 2.45) is 0 Å². The molecule has 5 heteroatoms. The lowest BCUT2D eigenvalue weighted by Crippen LogP contribution is -2.04. The molecular weight excluding hydrogens is 286 g/mol. The van der Waals surface area contributed by atoms with E-state index in [4.69, 9.17) is 0 Å². The highest BCUT2D eigenvalue weighted by Gasteiger charge is 2.03. The molecule has 3 aromatic rings. The van der Waals surface area contributed by atoms with Crippen molar-refractivity contribution >= 4 is 17.3 Å². The lowest BCUT2D eigenvalue weighted by atomic mass is 10.1. The first-order valence-electron chi connectivity index (χ1n) is 7.51. The highest BCUT2D eigenvalue weighted by atomic mass is 15.1. The van der Waals surface area contributed by atoms with Gasteiger partial charge in [-0.15, -0.1) is 0 Å². The summed E-state index contributed by atoms with van der Waals surface area (Å²) >= 11 is 0. The molecule has 0 aliphatic carbocycles. The fraction of sp³-hybridized carbons (Fsp3) is 0.167. The van der Waals surface area contributed by atoms with Crippen molar-refractivity contribution in [3.8, 4) is 0 Å². The number of hydrogen-bond donors (Lipinski definition) is 2. The lowest BCUT2D eigenvalue weighted by Gasteiger charge is -2.11. The maximum atomic E-state index is 4.28. The monoisotopic (exact) mass is 305 g/mol. The summed E-state index contributed by atoms with van der Waals surface area (Å²) in [6, 6.07) is 14.0. The summed E-state index contributed by atoms with van der Waals surface area (Å²) in [5.41, 5.74) is 4.41. The van der Waals surface area contributed by atoms with Gasteiger partial charge in [-0.25, -0.2) is 9.97 Å². The first-order chi connectivity index (χ1) is 11.2. The first-order valence-corrected chi connectivity index (χ1v) is 7.51. The van der Waals surface area contributed by atoms with Crippen molar-refractivity contribution in [3.63, 3.8) is 0 Å². The van der Waals surface area contributed by atoms with Crippen LogP contribution in [0.5, 0.6) is 0 Å². The van der Waals surface area contributed by atoms with Gasteiger partial charge in [0.2, 0.25) is 0 Å². The zero-order valence-electron chi connectivity index (χ0n) is 13.2. The number of aromatic nitrogens is 3. The van der Waals surface area contributed by atoms with Crippen LogP contribution >= 0.6 is 0 Å². The van der Waals surface area contributed by atoms with Crippen molar-refractivity contribution < 1.29 is 0 Å². The zero-order chi connectivity index (χ0) is 16.1. The smallest absolute Gasteiger partial charge is 0.135 e. The van der Waals surface area contributed by atoms with E-state index in [1.807, 2.05) is 24.3 Å².